The van der Waals surface area contributed by atoms with E-state index in [1.165, 1.54) is 12.0 Å². The Kier molecular flexibility index (Phi) is 4.65. The molecule has 1 heterocycles. The van der Waals surface area contributed by atoms with Crippen LogP contribution in [0.4, 0.5) is 0 Å². The molecule has 0 amide bonds. The predicted molar refractivity (Wildman–Crippen MR) is 69.8 cm³/mol. The van der Waals surface area contributed by atoms with Gasteiger partial charge in [-0.15, -0.1) is 0 Å². The van der Waals surface area contributed by atoms with E-state index in [0.29, 0.717) is 6.04 Å². The van der Waals surface area contributed by atoms with Gasteiger partial charge < -0.3 is 10.1 Å². The van der Waals surface area contributed by atoms with Gasteiger partial charge in [-0.3, -0.25) is 0 Å². The van der Waals surface area contributed by atoms with Gasteiger partial charge in [0.15, 0.2) is 0 Å². The third-order valence-electron chi connectivity index (χ3n) is 2.75. The second kappa shape index (κ2) is 6.01. The number of hydrogen-bond donors (Lipinski definition) is 1. The van der Waals surface area contributed by atoms with Crippen molar-refractivity contribution in [3.8, 4) is 0 Å². The molecular formula is C12H15BrClNO. The van der Waals surface area contributed by atoms with Gasteiger partial charge in [0.25, 0.3) is 0 Å². The first-order chi connectivity index (χ1) is 7.75. The lowest BCUT2D eigenvalue weighted by atomic mass is 10.1. The average Bonchev–Trinajstić information content (AvgIpc) is 2.32. The van der Waals surface area contributed by atoms with E-state index in [9.17, 15) is 0 Å². The van der Waals surface area contributed by atoms with E-state index in [0.717, 1.165) is 35.7 Å². The molecule has 1 aliphatic rings. The molecule has 1 saturated heterocycles. The van der Waals surface area contributed by atoms with E-state index in [4.69, 9.17) is 16.3 Å². The standard InChI is InChI=1S/C12H15BrClNO/c13-12-4-3-10(14)6-9(12)7-15-11-2-1-5-16-8-11/h3-4,6,11,15H,1-2,5,7-8H2. The van der Waals surface area contributed by atoms with Crippen LogP contribution in [0.1, 0.15) is 18.4 Å². The Hall–Kier alpha value is -0.0900. The number of benzene rings is 1. The Bertz CT molecular complexity index is 353. The van der Waals surface area contributed by atoms with E-state index in [2.05, 4.69) is 21.2 Å². The van der Waals surface area contributed by atoms with Gasteiger partial charge in [-0.2, -0.15) is 0 Å². The molecule has 0 radical (unpaired) electrons. The van der Waals surface area contributed by atoms with Crippen LogP contribution in [-0.2, 0) is 11.3 Å². The van der Waals surface area contributed by atoms with Crippen molar-refractivity contribution in [3.05, 3.63) is 33.3 Å². The summed E-state index contributed by atoms with van der Waals surface area (Å²) in [6.45, 7) is 2.55. The smallest absolute Gasteiger partial charge is 0.0619 e. The number of halogens is 2. The second-order valence-corrected chi connectivity index (χ2v) is 5.32. The SMILES string of the molecule is Clc1ccc(Br)c(CNC2CCCOC2)c1. The lowest BCUT2D eigenvalue weighted by Crippen LogP contribution is -2.36. The van der Waals surface area contributed by atoms with Crippen molar-refractivity contribution in [2.24, 2.45) is 0 Å². The van der Waals surface area contributed by atoms with Crippen molar-refractivity contribution < 1.29 is 4.74 Å². The van der Waals surface area contributed by atoms with Crippen LogP contribution in [0.15, 0.2) is 22.7 Å². The summed E-state index contributed by atoms with van der Waals surface area (Å²) in [6.07, 6.45) is 2.34. The first-order valence-electron chi connectivity index (χ1n) is 5.51. The third-order valence-corrected chi connectivity index (χ3v) is 3.76. The Morgan fingerprint density at radius 3 is 3.12 bits per heavy atom. The molecule has 0 aromatic heterocycles. The minimum Gasteiger partial charge on any atom is -0.380 e. The maximum absolute atomic E-state index is 5.97. The minimum absolute atomic E-state index is 0.472. The van der Waals surface area contributed by atoms with Crippen molar-refractivity contribution in [1.29, 1.82) is 0 Å². The van der Waals surface area contributed by atoms with E-state index >= 15 is 0 Å². The fraction of sp³-hybridized carbons (Fsp3) is 0.500. The van der Waals surface area contributed by atoms with Crippen molar-refractivity contribution >= 4 is 27.5 Å². The molecule has 0 saturated carbocycles. The summed E-state index contributed by atoms with van der Waals surface area (Å²) in [6, 6.07) is 6.33. The van der Waals surface area contributed by atoms with Gasteiger partial charge in [-0.05, 0) is 36.6 Å². The van der Waals surface area contributed by atoms with Gasteiger partial charge in [0.05, 0.1) is 6.61 Å². The molecular weight excluding hydrogens is 289 g/mol. The van der Waals surface area contributed by atoms with Crippen LogP contribution in [0.2, 0.25) is 5.02 Å². The minimum atomic E-state index is 0.472. The molecule has 1 atom stereocenters. The molecule has 1 aromatic rings. The molecule has 1 N–H and O–H groups in total. The average molecular weight is 305 g/mol. The predicted octanol–water partition coefficient (Wildman–Crippen LogP) is 3.37. The number of rotatable bonds is 3. The van der Waals surface area contributed by atoms with E-state index in [1.807, 2.05) is 18.2 Å². The molecule has 1 fully saturated rings. The van der Waals surface area contributed by atoms with Crippen LogP contribution in [0.25, 0.3) is 0 Å². The Balaban J connectivity index is 1.90. The van der Waals surface area contributed by atoms with E-state index in [-0.39, 0.29) is 0 Å². The van der Waals surface area contributed by atoms with Crippen molar-refractivity contribution in [3.63, 3.8) is 0 Å². The third kappa shape index (κ3) is 3.45. The number of hydrogen-bond acceptors (Lipinski definition) is 2. The second-order valence-electron chi connectivity index (χ2n) is 4.03. The molecule has 4 heteroatoms. The lowest BCUT2D eigenvalue weighted by Gasteiger charge is -2.23. The first-order valence-corrected chi connectivity index (χ1v) is 6.68. The summed E-state index contributed by atoms with van der Waals surface area (Å²) in [7, 11) is 0. The fourth-order valence-corrected chi connectivity index (χ4v) is 2.42. The van der Waals surface area contributed by atoms with Crippen molar-refractivity contribution in [2.45, 2.75) is 25.4 Å². The summed E-state index contributed by atoms with van der Waals surface area (Å²) >= 11 is 9.49. The van der Waals surface area contributed by atoms with Crippen molar-refractivity contribution in [1.82, 2.24) is 5.32 Å². The van der Waals surface area contributed by atoms with Crippen LogP contribution < -0.4 is 5.32 Å². The molecule has 2 nitrogen and oxygen atoms in total. The van der Waals surface area contributed by atoms with Crippen LogP contribution >= 0.6 is 27.5 Å². The van der Waals surface area contributed by atoms with Gasteiger partial charge in [0.2, 0.25) is 0 Å². The van der Waals surface area contributed by atoms with Gasteiger partial charge >= 0.3 is 0 Å². The fourth-order valence-electron chi connectivity index (χ4n) is 1.83. The van der Waals surface area contributed by atoms with E-state index < -0.39 is 0 Å². The lowest BCUT2D eigenvalue weighted by molar-refractivity contribution is 0.0699. The highest BCUT2D eigenvalue weighted by atomic mass is 79.9. The largest absolute Gasteiger partial charge is 0.380 e. The monoisotopic (exact) mass is 303 g/mol. The Labute approximate surface area is 109 Å². The summed E-state index contributed by atoms with van der Waals surface area (Å²) < 4.78 is 6.52. The van der Waals surface area contributed by atoms with E-state index in [1.54, 1.807) is 0 Å². The number of ether oxygens (including phenoxy) is 1. The first kappa shape index (κ1) is 12.4. The summed E-state index contributed by atoms with van der Waals surface area (Å²) in [5.74, 6) is 0. The Morgan fingerprint density at radius 2 is 2.38 bits per heavy atom. The zero-order valence-corrected chi connectivity index (χ0v) is 11.4. The normalized spacial score (nSPS) is 21.0. The molecule has 16 heavy (non-hydrogen) atoms. The van der Waals surface area contributed by atoms with Crippen LogP contribution in [0.5, 0.6) is 0 Å². The van der Waals surface area contributed by atoms with Crippen LogP contribution in [0, 0.1) is 0 Å². The van der Waals surface area contributed by atoms with Gasteiger partial charge in [0.1, 0.15) is 0 Å². The van der Waals surface area contributed by atoms with Gasteiger partial charge in [0, 0.05) is 28.7 Å². The quantitative estimate of drug-likeness (QED) is 0.924. The maximum atomic E-state index is 5.97. The highest BCUT2D eigenvalue weighted by Crippen LogP contribution is 2.21. The maximum Gasteiger partial charge on any atom is 0.0619 e. The van der Waals surface area contributed by atoms with Crippen LogP contribution in [-0.4, -0.2) is 19.3 Å². The molecule has 88 valence electrons. The molecule has 1 aromatic carbocycles. The van der Waals surface area contributed by atoms with Crippen molar-refractivity contribution in [2.75, 3.05) is 13.2 Å². The zero-order valence-electron chi connectivity index (χ0n) is 9.01. The molecule has 0 aliphatic carbocycles. The summed E-state index contributed by atoms with van der Waals surface area (Å²) in [5, 5.41) is 4.27. The number of nitrogens with one attached hydrogen (secondary N) is 1. The van der Waals surface area contributed by atoms with Gasteiger partial charge in [-0.1, -0.05) is 27.5 Å². The summed E-state index contributed by atoms with van der Waals surface area (Å²) in [5.41, 5.74) is 1.19. The van der Waals surface area contributed by atoms with Gasteiger partial charge in [-0.25, -0.2) is 0 Å². The Morgan fingerprint density at radius 1 is 1.50 bits per heavy atom. The molecule has 1 unspecified atom stereocenters. The molecule has 1 aliphatic heterocycles. The topological polar surface area (TPSA) is 21.3 Å². The molecule has 0 bridgehead atoms. The summed E-state index contributed by atoms with van der Waals surface area (Å²) in [4.78, 5) is 0. The highest BCUT2D eigenvalue weighted by molar-refractivity contribution is 9.10. The zero-order chi connectivity index (χ0) is 11.4. The highest BCUT2D eigenvalue weighted by Gasteiger charge is 2.13. The van der Waals surface area contributed by atoms with Crippen LogP contribution in [0.3, 0.4) is 0 Å². The molecule has 0 spiro atoms. The molecule has 2 rings (SSSR count).